The molecule has 1 aromatic rings. The predicted molar refractivity (Wildman–Crippen MR) is 131 cm³/mol. The average Bonchev–Trinajstić information content (AvgIpc) is 2.81. The Labute approximate surface area is 208 Å². The first-order valence-electron chi connectivity index (χ1n) is 11.0. The van der Waals surface area contributed by atoms with Crippen LogP contribution in [-0.4, -0.2) is 76.3 Å². The summed E-state index contributed by atoms with van der Waals surface area (Å²) in [6.45, 7) is 0.341. The van der Waals surface area contributed by atoms with Crippen molar-refractivity contribution in [2.45, 2.75) is 56.3 Å². The van der Waals surface area contributed by atoms with Crippen LogP contribution in [0.3, 0.4) is 0 Å². The van der Waals surface area contributed by atoms with Crippen molar-refractivity contribution in [1.82, 2.24) is 16.0 Å². The summed E-state index contributed by atoms with van der Waals surface area (Å²) in [5, 5.41) is 25.2. The van der Waals surface area contributed by atoms with Crippen molar-refractivity contribution in [3.05, 3.63) is 35.9 Å². The third-order valence-corrected chi connectivity index (χ3v) is 5.39. The van der Waals surface area contributed by atoms with Crippen molar-refractivity contribution in [2.24, 2.45) is 11.5 Å². The molecule has 3 amide bonds. The van der Waals surface area contributed by atoms with E-state index in [1.807, 2.05) is 30.3 Å². The molecule has 0 aromatic heterocycles. The summed E-state index contributed by atoms with van der Waals surface area (Å²) in [4.78, 5) is 60.2. The van der Waals surface area contributed by atoms with Crippen LogP contribution in [0.15, 0.2) is 30.3 Å². The van der Waals surface area contributed by atoms with Gasteiger partial charge in [0.05, 0.1) is 12.5 Å². The molecule has 0 spiro atoms. The molecule has 0 saturated carbocycles. The molecule has 9 N–H and O–H groups in total. The van der Waals surface area contributed by atoms with Gasteiger partial charge in [0, 0.05) is 5.75 Å². The largest absolute Gasteiger partial charge is 0.481 e. The Hall–Kier alpha value is -3.16. The number of nitrogens with two attached hydrogens (primary N) is 2. The van der Waals surface area contributed by atoms with Crippen LogP contribution in [0, 0.1) is 0 Å². The molecule has 0 aliphatic heterocycles. The van der Waals surface area contributed by atoms with Gasteiger partial charge in [-0.1, -0.05) is 30.3 Å². The van der Waals surface area contributed by atoms with E-state index in [4.69, 9.17) is 16.6 Å². The van der Waals surface area contributed by atoms with Crippen LogP contribution in [-0.2, 0) is 30.4 Å². The summed E-state index contributed by atoms with van der Waals surface area (Å²) in [6, 6.07) is 4.18. The van der Waals surface area contributed by atoms with Crippen LogP contribution in [0.1, 0.15) is 31.2 Å². The Bertz CT molecular complexity index is 871. The maximum atomic E-state index is 12.8. The molecule has 4 atom stereocenters. The minimum atomic E-state index is -1.68. The maximum Gasteiger partial charge on any atom is 0.326 e. The molecule has 0 aliphatic carbocycles. The summed E-state index contributed by atoms with van der Waals surface area (Å²) in [5.74, 6) is -5.21. The molecule has 0 fully saturated rings. The fourth-order valence-electron chi connectivity index (χ4n) is 3.11. The smallest absolute Gasteiger partial charge is 0.326 e. The van der Waals surface area contributed by atoms with Crippen LogP contribution < -0.4 is 27.4 Å². The summed E-state index contributed by atoms with van der Waals surface area (Å²) >= 11 is 4.10. The fraction of sp³-hybridized carbons (Fsp3) is 0.500. The van der Waals surface area contributed by atoms with Crippen molar-refractivity contribution in [3.8, 4) is 0 Å². The van der Waals surface area contributed by atoms with E-state index in [0.29, 0.717) is 19.4 Å². The van der Waals surface area contributed by atoms with Crippen LogP contribution in [0.4, 0.5) is 0 Å². The molecule has 1 rings (SSSR count). The zero-order valence-corrected chi connectivity index (χ0v) is 20.1. The van der Waals surface area contributed by atoms with Gasteiger partial charge in [-0.3, -0.25) is 19.2 Å². The Morgan fingerprint density at radius 3 is 1.97 bits per heavy atom. The van der Waals surface area contributed by atoms with Crippen LogP contribution >= 0.6 is 12.6 Å². The van der Waals surface area contributed by atoms with Crippen LogP contribution in [0.5, 0.6) is 0 Å². The van der Waals surface area contributed by atoms with Gasteiger partial charge in [0.25, 0.3) is 0 Å². The molecule has 0 radical (unpaired) electrons. The van der Waals surface area contributed by atoms with Gasteiger partial charge in [0.2, 0.25) is 17.7 Å². The first-order valence-corrected chi connectivity index (χ1v) is 11.7. The Morgan fingerprint density at radius 1 is 0.857 bits per heavy atom. The molecule has 0 bridgehead atoms. The SMILES string of the molecule is NCCCCC(NC(=O)C(CS)NC(=O)C(N)Cc1ccccc1)C(=O)NC(CC(=O)O)C(=O)O. The Kier molecular flexibility index (Phi) is 13.4. The van der Waals surface area contributed by atoms with E-state index in [9.17, 15) is 29.1 Å². The van der Waals surface area contributed by atoms with Gasteiger partial charge in [-0.25, -0.2) is 4.79 Å². The highest BCUT2D eigenvalue weighted by molar-refractivity contribution is 7.80. The van der Waals surface area contributed by atoms with Crippen molar-refractivity contribution >= 4 is 42.3 Å². The summed E-state index contributed by atoms with van der Waals surface area (Å²) in [7, 11) is 0. The van der Waals surface area contributed by atoms with Crippen LogP contribution in [0.25, 0.3) is 0 Å². The van der Waals surface area contributed by atoms with E-state index >= 15 is 0 Å². The van der Waals surface area contributed by atoms with Gasteiger partial charge in [-0.15, -0.1) is 0 Å². The zero-order chi connectivity index (χ0) is 26.4. The minimum absolute atomic E-state index is 0.0937. The molecule has 0 aliphatic rings. The number of aliphatic carboxylic acids is 2. The number of nitrogens with one attached hydrogen (secondary N) is 3. The number of unbranched alkanes of at least 4 members (excludes halogenated alkanes) is 1. The van der Waals surface area contributed by atoms with E-state index in [1.54, 1.807) is 0 Å². The van der Waals surface area contributed by atoms with E-state index in [0.717, 1.165) is 5.56 Å². The van der Waals surface area contributed by atoms with Gasteiger partial charge >= 0.3 is 11.9 Å². The summed E-state index contributed by atoms with van der Waals surface area (Å²) in [6.07, 6.45) is 0.509. The first-order chi connectivity index (χ1) is 16.6. The lowest BCUT2D eigenvalue weighted by Gasteiger charge is -2.24. The standard InChI is InChI=1S/C22H33N5O7S/c23-9-5-4-8-15(20(31)26-16(22(33)34)11-18(28)29)25-21(32)17(12-35)27-19(30)14(24)10-13-6-2-1-3-7-13/h1-3,6-7,14-17,35H,4-5,8-12,23-24H2,(H,25,32)(H,26,31)(H,27,30)(H,28,29)(H,33,34). The highest BCUT2D eigenvalue weighted by Gasteiger charge is 2.30. The number of carboxylic acid groups (broad SMARTS) is 2. The van der Waals surface area contributed by atoms with Crippen molar-refractivity contribution < 1.29 is 34.2 Å². The fourth-order valence-corrected chi connectivity index (χ4v) is 3.37. The number of amides is 3. The Balaban J connectivity index is 2.84. The lowest BCUT2D eigenvalue weighted by atomic mass is 10.1. The maximum absolute atomic E-state index is 12.8. The molecule has 4 unspecified atom stereocenters. The molecular weight excluding hydrogens is 478 g/mol. The van der Waals surface area contributed by atoms with Crippen molar-refractivity contribution in [3.63, 3.8) is 0 Å². The molecule has 13 heteroatoms. The number of hydrogen-bond acceptors (Lipinski definition) is 8. The molecular formula is C22H33N5O7S. The van der Waals surface area contributed by atoms with E-state index in [2.05, 4.69) is 28.6 Å². The monoisotopic (exact) mass is 511 g/mol. The van der Waals surface area contributed by atoms with E-state index in [1.165, 1.54) is 0 Å². The van der Waals surface area contributed by atoms with Gasteiger partial charge in [-0.05, 0) is 37.8 Å². The van der Waals surface area contributed by atoms with Gasteiger partial charge < -0.3 is 37.6 Å². The highest BCUT2D eigenvalue weighted by Crippen LogP contribution is 2.05. The second kappa shape index (κ2) is 15.7. The number of rotatable bonds is 16. The third kappa shape index (κ3) is 11.2. The van der Waals surface area contributed by atoms with Crippen molar-refractivity contribution in [2.75, 3.05) is 12.3 Å². The number of hydrogen-bond donors (Lipinski definition) is 8. The lowest BCUT2D eigenvalue weighted by Crippen LogP contribution is -2.58. The first kappa shape index (κ1) is 29.9. The number of thiol groups is 1. The number of carboxylic acids is 2. The van der Waals surface area contributed by atoms with Gasteiger partial charge in [0.1, 0.15) is 18.1 Å². The zero-order valence-electron chi connectivity index (χ0n) is 19.2. The highest BCUT2D eigenvalue weighted by atomic mass is 32.1. The third-order valence-electron chi connectivity index (χ3n) is 5.02. The van der Waals surface area contributed by atoms with Crippen LogP contribution in [0.2, 0.25) is 0 Å². The van der Waals surface area contributed by atoms with E-state index < -0.39 is 60.2 Å². The minimum Gasteiger partial charge on any atom is -0.481 e. The number of benzene rings is 1. The molecule has 0 saturated heterocycles. The predicted octanol–water partition coefficient (Wildman–Crippen LogP) is -1.37. The number of carbonyl (C=O) groups excluding carboxylic acids is 3. The summed E-state index contributed by atoms with van der Waals surface area (Å²) < 4.78 is 0. The second-order valence-electron chi connectivity index (χ2n) is 7.88. The average molecular weight is 512 g/mol. The Morgan fingerprint density at radius 2 is 1.43 bits per heavy atom. The number of carbonyl (C=O) groups is 5. The molecule has 0 heterocycles. The molecule has 35 heavy (non-hydrogen) atoms. The van der Waals surface area contributed by atoms with Gasteiger partial charge in [0.15, 0.2) is 0 Å². The summed E-state index contributed by atoms with van der Waals surface area (Å²) in [5.41, 5.74) is 12.3. The van der Waals surface area contributed by atoms with E-state index in [-0.39, 0.29) is 18.6 Å². The molecule has 1 aromatic carbocycles. The second-order valence-corrected chi connectivity index (χ2v) is 8.25. The quantitative estimate of drug-likeness (QED) is 0.0969. The van der Waals surface area contributed by atoms with Crippen molar-refractivity contribution in [1.29, 1.82) is 0 Å². The normalized spacial score (nSPS) is 14.1. The lowest BCUT2D eigenvalue weighted by molar-refractivity contribution is -0.147. The topological polar surface area (TPSA) is 214 Å². The molecule has 194 valence electrons. The molecule has 12 nitrogen and oxygen atoms in total. The van der Waals surface area contributed by atoms with Gasteiger partial charge in [-0.2, -0.15) is 12.6 Å².